The molecule has 0 saturated carbocycles. The average molecular weight is 480 g/mol. The zero-order chi connectivity index (χ0) is 25.3. The van der Waals surface area contributed by atoms with Crippen LogP contribution in [0.2, 0.25) is 0 Å². The Hall–Kier alpha value is -3.32. The van der Waals surface area contributed by atoms with Gasteiger partial charge in [-0.3, -0.25) is 9.59 Å². The number of rotatable bonds is 6. The number of carbonyl (C=O) groups is 2. The van der Waals surface area contributed by atoms with E-state index in [1.807, 2.05) is 39.0 Å². The summed E-state index contributed by atoms with van der Waals surface area (Å²) in [4.78, 5) is 28.1. The number of methoxy groups -OCH3 is 2. The lowest BCUT2D eigenvalue weighted by Crippen LogP contribution is -2.36. The molecule has 2 atom stereocenters. The molecular weight excluding hydrogens is 446 g/mol. The fourth-order valence-electron chi connectivity index (χ4n) is 4.83. The molecule has 2 unspecified atom stereocenters. The van der Waals surface area contributed by atoms with Gasteiger partial charge in [-0.1, -0.05) is 32.9 Å². The number of ketones is 1. The number of ether oxygens (including phenoxy) is 3. The lowest BCUT2D eigenvalue weighted by atomic mass is 9.84. The Labute approximate surface area is 206 Å². The van der Waals surface area contributed by atoms with E-state index in [2.05, 4.69) is 0 Å². The van der Waals surface area contributed by atoms with Crippen molar-refractivity contribution in [3.63, 3.8) is 0 Å². The van der Waals surface area contributed by atoms with Crippen molar-refractivity contribution in [3.05, 3.63) is 64.7 Å². The first kappa shape index (κ1) is 24.8. The largest absolute Gasteiger partial charge is 0.507 e. The molecule has 1 amide bonds. The third-order valence-corrected chi connectivity index (χ3v) is 6.65. The van der Waals surface area contributed by atoms with E-state index < -0.39 is 17.7 Å². The van der Waals surface area contributed by atoms with Crippen LogP contribution in [-0.2, 0) is 19.7 Å². The second-order valence-electron chi connectivity index (χ2n) is 10.0. The van der Waals surface area contributed by atoms with Crippen LogP contribution in [-0.4, -0.2) is 55.2 Å². The van der Waals surface area contributed by atoms with E-state index in [0.29, 0.717) is 29.2 Å². The Bertz CT molecular complexity index is 1160. The third-order valence-electron chi connectivity index (χ3n) is 6.65. The van der Waals surface area contributed by atoms with Gasteiger partial charge in [0.05, 0.1) is 31.9 Å². The van der Waals surface area contributed by atoms with Crippen molar-refractivity contribution < 1.29 is 28.9 Å². The van der Waals surface area contributed by atoms with E-state index in [1.165, 1.54) is 4.90 Å². The van der Waals surface area contributed by atoms with E-state index >= 15 is 0 Å². The van der Waals surface area contributed by atoms with E-state index in [1.54, 1.807) is 38.5 Å². The van der Waals surface area contributed by atoms with E-state index in [9.17, 15) is 14.7 Å². The number of benzene rings is 2. The van der Waals surface area contributed by atoms with Gasteiger partial charge in [0.1, 0.15) is 17.3 Å². The first-order valence-corrected chi connectivity index (χ1v) is 11.9. The molecule has 0 bridgehead atoms. The van der Waals surface area contributed by atoms with Crippen LogP contribution in [0, 0.1) is 0 Å². The Morgan fingerprint density at radius 1 is 1.11 bits per heavy atom. The molecular formula is C28H33NO6. The van der Waals surface area contributed by atoms with Crippen LogP contribution in [0.25, 0.3) is 5.76 Å². The quantitative estimate of drug-likeness (QED) is 0.370. The maximum absolute atomic E-state index is 13.3. The van der Waals surface area contributed by atoms with E-state index in [4.69, 9.17) is 14.2 Å². The van der Waals surface area contributed by atoms with E-state index in [-0.39, 0.29) is 29.4 Å². The number of amides is 1. The molecule has 0 aliphatic carbocycles. The highest BCUT2D eigenvalue weighted by Gasteiger charge is 2.47. The zero-order valence-electron chi connectivity index (χ0n) is 21.0. The van der Waals surface area contributed by atoms with Crippen LogP contribution >= 0.6 is 0 Å². The summed E-state index contributed by atoms with van der Waals surface area (Å²) in [5.74, 6) is -0.262. The summed E-state index contributed by atoms with van der Waals surface area (Å²) in [7, 11) is 3.16. The van der Waals surface area contributed by atoms with Crippen LogP contribution < -0.4 is 9.47 Å². The third kappa shape index (κ3) is 4.78. The van der Waals surface area contributed by atoms with Gasteiger partial charge < -0.3 is 24.2 Å². The van der Waals surface area contributed by atoms with Crippen LogP contribution in [0.15, 0.2) is 48.0 Å². The monoisotopic (exact) mass is 479 g/mol. The van der Waals surface area contributed by atoms with Crippen molar-refractivity contribution in [3.8, 4) is 11.5 Å². The van der Waals surface area contributed by atoms with Crippen LogP contribution in [0.5, 0.6) is 11.5 Å². The summed E-state index contributed by atoms with van der Waals surface area (Å²) < 4.78 is 16.7. The van der Waals surface area contributed by atoms with Crippen LogP contribution in [0.3, 0.4) is 0 Å². The second kappa shape index (κ2) is 9.74. The summed E-state index contributed by atoms with van der Waals surface area (Å²) in [5, 5.41) is 11.5. The number of nitrogens with zero attached hydrogens (tertiary/aromatic N) is 1. The molecule has 2 fully saturated rings. The highest BCUT2D eigenvalue weighted by Crippen LogP contribution is 2.42. The molecule has 1 N–H and O–H groups in total. The SMILES string of the molecule is COc1cccc(C2/C(=C(/O)c3ccc(OC)c(C(C)(C)C)c3)C(=O)C(=O)N2CC2CCCO2)c1. The van der Waals surface area contributed by atoms with Gasteiger partial charge in [0.15, 0.2) is 0 Å². The van der Waals surface area contributed by atoms with Gasteiger partial charge in [0.2, 0.25) is 0 Å². The minimum atomic E-state index is -0.755. The van der Waals surface area contributed by atoms with Crippen molar-refractivity contribution in [1.82, 2.24) is 4.90 Å². The van der Waals surface area contributed by atoms with Crippen LogP contribution in [0.4, 0.5) is 0 Å². The first-order valence-electron chi connectivity index (χ1n) is 11.9. The first-order chi connectivity index (χ1) is 16.7. The number of aliphatic hydroxyl groups excluding tert-OH is 1. The summed E-state index contributed by atoms with van der Waals surface area (Å²) in [6.07, 6.45) is 1.59. The number of carbonyl (C=O) groups excluding carboxylic acids is 2. The maximum Gasteiger partial charge on any atom is 0.295 e. The molecule has 186 valence electrons. The van der Waals surface area contributed by atoms with Crippen LogP contribution in [0.1, 0.15) is 56.3 Å². The minimum Gasteiger partial charge on any atom is -0.507 e. The molecule has 4 rings (SSSR count). The zero-order valence-corrected chi connectivity index (χ0v) is 21.0. The number of aliphatic hydroxyl groups is 1. The molecule has 2 heterocycles. The average Bonchev–Trinajstić information content (AvgIpc) is 3.45. The van der Waals surface area contributed by atoms with Crippen molar-refractivity contribution in [2.45, 2.75) is 51.2 Å². The normalized spacial score (nSPS) is 22.0. The molecule has 2 aliphatic rings. The lowest BCUT2D eigenvalue weighted by Gasteiger charge is -2.28. The molecule has 2 saturated heterocycles. The number of hydrogen-bond acceptors (Lipinski definition) is 6. The Kier molecular flexibility index (Phi) is 6.90. The number of likely N-dealkylation sites (tertiary alicyclic amines) is 1. The van der Waals surface area contributed by atoms with Crippen molar-refractivity contribution in [1.29, 1.82) is 0 Å². The summed E-state index contributed by atoms with van der Waals surface area (Å²) in [6, 6.07) is 11.8. The Balaban J connectivity index is 1.87. The standard InChI is InChI=1S/C28H33NO6/c1-28(2,3)21-15-18(11-12-22(21)34-5)25(30)23-24(17-8-6-9-19(14-17)33-4)29(27(32)26(23)31)16-20-10-7-13-35-20/h6,8-9,11-12,14-15,20,24,30H,7,10,13,16H2,1-5H3/b25-23-. The maximum atomic E-state index is 13.3. The highest BCUT2D eigenvalue weighted by atomic mass is 16.5. The Morgan fingerprint density at radius 3 is 2.51 bits per heavy atom. The van der Waals surface area contributed by atoms with Gasteiger partial charge in [-0.25, -0.2) is 0 Å². The van der Waals surface area contributed by atoms with Gasteiger partial charge >= 0.3 is 0 Å². The van der Waals surface area contributed by atoms with E-state index in [0.717, 1.165) is 18.4 Å². The molecule has 7 nitrogen and oxygen atoms in total. The second-order valence-corrected chi connectivity index (χ2v) is 10.0. The molecule has 0 spiro atoms. The van der Waals surface area contributed by atoms with Gasteiger partial charge in [-0.15, -0.1) is 0 Å². The van der Waals surface area contributed by atoms with Crippen molar-refractivity contribution in [2.75, 3.05) is 27.4 Å². The molecule has 35 heavy (non-hydrogen) atoms. The van der Waals surface area contributed by atoms with Gasteiger partial charge in [0.25, 0.3) is 11.7 Å². The van der Waals surface area contributed by atoms with Gasteiger partial charge in [-0.05, 0) is 54.2 Å². The predicted octanol–water partition coefficient (Wildman–Crippen LogP) is 4.60. The topological polar surface area (TPSA) is 85.3 Å². The highest BCUT2D eigenvalue weighted by molar-refractivity contribution is 6.46. The molecule has 2 aromatic rings. The van der Waals surface area contributed by atoms with Gasteiger partial charge in [0, 0.05) is 24.3 Å². The molecule has 0 radical (unpaired) electrons. The number of hydrogen-bond donors (Lipinski definition) is 1. The Morgan fingerprint density at radius 2 is 1.89 bits per heavy atom. The molecule has 7 heteroatoms. The fourth-order valence-corrected chi connectivity index (χ4v) is 4.83. The summed E-state index contributed by atoms with van der Waals surface area (Å²) in [5.41, 5.74) is 1.83. The summed E-state index contributed by atoms with van der Waals surface area (Å²) >= 11 is 0. The molecule has 2 aromatic carbocycles. The lowest BCUT2D eigenvalue weighted by molar-refractivity contribution is -0.140. The minimum absolute atomic E-state index is 0.0614. The van der Waals surface area contributed by atoms with Gasteiger partial charge in [-0.2, -0.15) is 0 Å². The van der Waals surface area contributed by atoms with Crippen molar-refractivity contribution in [2.24, 2.45) is 0 Å². The smallest absolute Gasteiger partial charge is 0.295 e. The summed E-state index contributed by atoms with van der Waals surface area (Å²) in [6.45, 7) is 7.06. The number of Topliss-reactive ketones (excluding diaryl/α,β-unsaturated/α-hetero) is 1. The fraction of sp³-hybridized carbons (Fsp3) is 0.429. The predicted molar refractivity (Wildman–Crippen MR) is 133 cm³/mol. The molecule has 0 aromatic heterocycles. The van der Waals surface area contributed by atoms with Crippen molar-refractivity contribution >= 4 is 17.4 Å². The molecule has 2 aliphatic heterocycles.